The van der Waals surface area contributed by atoms with E-state index in [1.54, 1.807) is 0 Å². The van der Waals surface area contributed by atoms with Crippen LogP contribution in [0.25, 0.3) is 0 Å². The summed E-state index contributed by atoms with van der Waals surface area (Å²) in [6.45, 7) is 4.99. The molecule has 112 valence electrons. The molecule has 20 heavy (non-hydrogen) atoms. The summed E-state index contributed by atoms with van der Waals surface area (Å²) in [5.74, 6) is 0. The lowest BCUT2D eigenvalue weighted by atomic mass is 10.1. The molecule has 1 rings (SSSR count). The zero-order valence-electron chi connectivity index (χ0n) is 12.8. The van der Waals surface area contributed by atoms with Crippen LogP contribution in [0.5, 0.6) is 0 Å². The van der Waals surface area contributed by atoms with Crippen molar-refractivity contribution >= 4 is 6.03 Å². The number of amides is 2. The van der Waals surface area contributed by atoms with Crippen molar-refractivity contribution < 1.29 is 4.79 Å². The van der Waals surface area contributed by atoms with E-state index < -0.39 is 0 Å². The smallest absolute Gasteiger partial charge is 0.314 e. The van der Waals surface area contributed by atoms with E-state index in [0.717, 1.165) is 25.8 Å². The van der Waals surface area contributed by atoms with E-state index in [1.165, 1.54) is 24.8 Å². The lowest BCUT2D eigenvalue weighted by Gasteiger charge is -2.14. The molecule has 0 bridgehead atoms. The molecule has 0 radical (unpaired) electrons. The third kappa shape index (κ3) is 7.82. The third-order valence-corrected chi connectivity index (χ3v) is 3.39. The number of nitrogens with one attached hydrogen (secondary N) is 2. The number of rotatable bonds is 9. The van der Waals surface area contributed by atoms with Crippen molar-refractivity contribution in [1.82, 2.24) is 10.6 Å². The van der Waals surface area contributed by atoms with Gasteiger partial charge < -0.3 is 10.6 Å². The maximum absolute atomic E-state index is 11.7. The van der Waals surface area contributed by atoms with Crippen LogP contribution in [0.15, 0.2) is 30.3 Å². The Hall–Kier alpha value is -1.51. The van der Waals surface area contributed by atoms with Crippen molar-refractivity contribution in [3.05, 3.63) is 35.9 Å². The first-order chi connectivity index (χ1) is 9.72. The SMILES string of the molecule is CCCCC[C@@H](C)NC(=O)NCCCc1ccccc1. The van der Waals surface area contributed by atoms with Crippen molar-refractivity contribution in [3.63, 3.8) is 0 Å². The molecular weight excluding hydrogens is 248 g/mol. The Balaban J connectivity index is 2.05. The Morgan fingerprint density at radius 1 is 1.15 bits per heavy atom. The van der Waals surface area contributed by atoms with Crippen LogP contribution in [-0.2, 0) is 6.42 Å². The predicted octanol–water partition coefficient (Wildman–Crippen LogP) is 3.89. The highest BCUT2D eigenvalue weighted by molar-refractivity contribution is 5.74. The number of benzene rings is 1. The molecule has 2 amide bonds. The highest BCUT2D eigenvalue weighted by Crippen LogP contribution is 2.03. The van der Waals surface area contributed by atoms with E-state index in [9.17, 15) is 4.79 Å². The highest BCUT2D eigenvalue weighted by atomic mass is 16.2. The summed E-state index contributed by atoms with van der Waals surface area (Å²) in [6, 6.07) is 10.6. The zero-order chi connectivity index (χ0) is 14.6. The molecule has 0 saturated carbocycles. The molecule has 0 aliphatic rings. The van der Waals surface area contributed by atoms with Crippen LogP contribution in [0.4, 0.5) is 4.79 Å². The van der Waals surface area contributed by atoms with Crippen molar-refractivity contribution in [2.24, 2.45) is 0 Å². The normalized spacial score (nSPS) is 11.9. The van der Waals surface area contributed by atoms with E-state index in [2.05, 4.69) is 36.6 Å². The summed E-state index contributed by atoms with van der Waals surface area (Å²) in [5, 5.41) is 5.91. The summed E-state index contributed by atoms with van der Waals surface area (Å²) in [7, 11) is 0. The summed E-state index contributed by atoms with van der Waals surface area (Å²) >= 11 is 0. The van der Waals surface area contributed by atoms with E-state index in [0.29, 0.717) is 0 Å². The Kier molecular flexibility index (Phi) is 8.52. The first-order valence-electron chi connectivity index (χ1n) is 7.80. The van der Waals surface area contributed by atoms with Crippen LogP contribution in [0, 0.1) is 0 Å². The second kappa shape index (κ2) is 10.3. The average molecular weight is 276 g/mol. The van der Waals surface area contributed by atoms with Gasteiger partial charge in [-0.15, -0.1) is 0 Å². The molecule has 0 saturated heterocycles. The van der Waals surface area contributed by atoms with Gasteiger partial charge in [0.1, 0.15) is 0 Å². The monoisotopic (exact) mass is 276 g/mol. The van der Waals surface area contributed by atoms with Crippen LogP contribution in [0.2, 0.25) is 0 Å². The van der Waals surface area contributed by atoms with Gasteiger partial charge >= 0.3 is 6.03 Å². The summed E-state index contributed by atoms with van der Waals surface area (Å²) in [6.07, 6.45) is 6.69. The highest BCUT2D eigenvalue weighted by Gasteiger charge is 2.05. The molecule has 3 nitrogen and oxygen atoms in total. The van der Waals surface area contributed by atoms with E-state index in [-0.39, 0.29) is 12.1 Å². The van der Waals surface area contributed by atoms with Crippen LogP contribution in [0.3, 0.4) is 0 Å². The van der Waals surface area contributed by atoms with Gasteiger partial charge in [-0.25, -0.2) is 4.79 Å². The molecule has 1 aromatic rings. The molecule has 2 N–H and O–H groups in total. The fourth-order valence-corrected chi connectivity index (χ4v) is 2.19. The van der Waals surface area contributed by atoms with Crippen molar-refractivity contribution in [3.8, 4) is 0 Å². The number of urea groups is 1. The molecule has 1 atom stereocenters. The molecule has 1 aromatic carbocycles. The number of hydrogen-bond donors (Lipinski definition) is 2. The summed E-state index contributed by atoms with van der Waals surface area (Å²) < 4.78 is 0. The lowest BCUT2D eigenvalue weighted by molar-refractivity contribution is 0.237. The standard InChI is InChI=1S/C17H28N2O/c1-3-4-6-10-15(2)19-17(20)18-14-9-13-16-11-7-5-8-12-16/h5,7-8,11-12,15H,3-4,6,9-10,13-14H2,1-2H3,(H2,18,19,20)/t15-/m1/s1. The fraction of sp³-hybridized carbons (Fsp3) is 0.588. The lowest BCUT2D eigenvalue weighted by Crippen LogP contribution is -2.41. The predicted molar refractivity (Wildman–Crippen MR) is 84.9 cm³/mol. The maximum Gasteiger partial charge on any atom is 0.314 e. The van der Waals surface area contributed by atoms with Crippen LogP contribution >= 0.6 is 0 Å². The number of unbranched alkanes of at least 4 members (excludes halogenated alkanes) is 2. The average Bonchev–Trinajstić information content (AvgIpc) is 2.45. The van der Waals surface area contributed by atoms with E-state index in [1.807, 2.05) is 18.2 Å². The molecule has 0 aliphatic carbocycles. The number of aryl methyl sites for hydroxylation is 1. The Labute approximate surface area is 123 Å². The van der Waals surface area contributed by atoms with Gasteiger partial charge in [-0.1, -0.05) is 56.5 Å². The fourth-order valence-electron chi connectivity index (χ4n) is 2.19. The molecule has 0 spiro atoms. The van der Waals surface area contributed by atoms with Gasteiger partial charge in [-0.05, 0) is 31.7 Å². The third-order valence-electron chi connectivity index (χ3n) is 3.39. The van der Waals surface area contributed by atoms with Crippen molar-refractivity contribution in [2.75, 3.05) is 6.54 Å². The van der Waals surface area contributed by atoms with Gasteiger partial charge in [-0.2, -0.15) is 0 Å². The Morgan fingerprint density at radius 2 is 1.90 bits per heavy atom. The number of carbonyl (C=O) groups excluding carboxylic acids is 1. The minimum absolute atomic E-state index is 0.0398. The first kappa shape index (κ1) is 16.5. The van der Waals surface area contributed by atoms with Gasteiger partial charge in [0.25, 0.3) is 0 Å². The number of hydrogen-bond acceptors (Lipinski definition) is 1. The van der Waals surface area contributed by atoms with Crippen molar-refractivity contribution in [1.29, 1.82) is 0 Å². The van der Waals surface area contributed by atoms with Gasteiger partial charge in [0.05, 0.1) is 0 Å². The Morgan fingerprint density at radius 3 is 2.60 bits per heavy atom. The molecule has 3 heteroatoms. The minimum atomic E-state index is -0.0398. The molecule has 0 heterocycles. The second-order valence-corrected chi connectivity index (χ2v) is 5.39. The van der Waals surface area contributed by atoms with Crippen LogP contribution in [-0.4, -0.2) is 18.6 Å². The topological polar surface area (TPSA) is 41.1 Å². The van der Waals surface area contributed by atoms with Crippen LogP contribution in [0.1, 0.15) is 51.5 Å². The van der Waals surface area contributed by atoms with Gasteiger partial charge in [0.2, 0.25) is 0 Å². The summed E-state index contributed by atoms with van der Waals surface area (Å²) in [5.41, 5.74) is 1.32. The molecule has 0 fully saturated rings. The van der Waals surface area contributed by atoms with Gasteiger partial charge in [-0.3, -0.25) is 0 Å². The minimum Gasteiger partial charge on any atom is -0.338 e. The van der Waals surface area contributed by atoms with E-state index in [4.69, 9.17) is 0 Å². The largest absolute Gasteiger partial charge is 0.338 e. The number of carbonyl (C=O) groups is 1. The maximum atomic E-state index is 11.7. The molecule has 0 aromatic heterocycles. The second-order valence-electron chi connectivity index (χ2n) is 5.39. The zero-order valence-corrected chi connectivity index (χ0v) is 12.8. The van der Waals surface area contributed by atoms with Gasteiger partial charge in [0, 0.05) is 12.6 Å². The molecular formula is C17H28N2O. The Bertz CT molecular complexity index is 365. The van der Waals surface area contributed by atoms with E-state index >= 15 is 0 Å². The quantitative estimate of drug-likeness (QED) is 0.660. The molecule has 0 unspecified atom stereocenters. The van der Waals surface area contributed by atoms with Gasteiger partial charge in [0.15, 0.2) is 0 Å². The molecule has 0 aliphatic heterocycles. The first-order valence-corrected chi connectivity index (χ1v) is 7.80. The van der Waals surface area contributed by atoms with Crippen molar-refractivity contribution in [2.45, 2.75) is 58.4 Å². The summed E-state index contributed by atoms with van der Waals surface area (Å²) in [4.78, 5) is 11.7. The van der Waals surface area contributed by atoms with Crippen LogP contribution < -0.4 is 10.6 Å².